The van der Waals surface area contributed by atoms with E-state index < -0.39 is 0 Å². The summed E-state index contributed by atoms with van der Waals surface area (Å²) in [7, 11) is 0. The summed E-state index contributed by atoms with van der Waals surface area (Å²) in [6.45, 7) is 3.04. The molecule has 1 saturated heterocycles. The summed E-state index contributed by atoms with van der Waals surface area (Å²) in [5, 5.41) is 4.74. The van der Waals surface area contributed by atoms with Crippen LogP contribution in [0, 0.1) is 6.92 Å². The summed E-state index contributed by atoms with van der Waals surface area (Å²) in [5.74, 6) is 1.78. The quantitative estimate of drug-likeness (QED) is 0.783. The van der Waals surface area contributed by atoms with Gasteiger partial charge < -0.3 is 9.88 Å². The topological polar surface area (TPSA) is 42.7 Å². The lowest BCUT2D eigenvalue weighted by Gasteiger charge is -2.13. The molecule has 1 atom stereocenters. The molecule has 4 nitrogen and oxygen atoms in total. The number of rotatable bonds is 2. The van der Waals surface area contributed by atoms with Gasteiger partial charge in [0, 0.05) is 18.3 Å². The first-order valence-electron chi connectivity index (χ1n) is 7.47. The Bertz CT molecular complexity index is 784. The molecule has 21 heavy (non-hydrogen) atoms. The molecule has 0 bridgehead atoms. The molecule has 1 N–H and O–H groups in total. The maximum absolute atomic E-state index is 4.62. The molecule has 4 rings (SSSR count). The molecule has 1 aliphatic rings. The Morgan fingerprint density at radius 3 is 2.95 bits per heavy atom. The molecule has 0 amide bonds. The molecule has 0 spiro atoms. The van der Waals surface area contributed by atoms with Gasteiger partial charge in [0.1, 0.15) is 11.6 Å². The van der Waals surface area contributed by atoms with E-state index in [1.165, 1.54) is 17.3 Å². The maximum atomic E-state index is 4.62. The second kappa shape index (κ2) is 4.97. The lowest BCUT2D eigenvalue weighted by atomic mass is 10.1. The Hall–Kier alpha value is -2.20. The zero-order chi connectivity index (χ0) is 14.2. The molecular weight excluding hydrogens is 260 g/mol. The van der Waals surface area contributed by atoms with Gasteiger partial charge in [0.05, 0.1) is 11.2 Å². The fourth-order valence-corrected chi connectivity index (χ4v) is 3.10. The molecule has 0 saturated carbocycles. The van der Waals surface area contributed by atoms with E-state index in [1.807, 2.05) is 6.92 Å². The number of fused-ring (bicyclic) bond motifs is 1. The van der Waals surface area contributed by atoms with Crippen molar-refractivity contribution in [2.24, 2.45) is 0 Å². The van der Waals surface area contributed by atoms with E-state index in [4.69, 9.17) is 0 Å². The van der Waals surface area contributed by atoms with Gasteiger partial charge in [-0.05, 0) is 43.8 Å². The van der Waals surface area contributed by atoms with Crippen molar-refractivity contribution in [3.8, 4) is 5.82 Å². The molecule has 1 aliphatic heterocycles. The molecule has 0 aliphatic carbocycles. The van der Waals surface area contributed by atoms with Crippen LogP contribution in [0.5, 0.6) is 0 Å². The molecular formula is C17H18N4. The SMILES string of the molecule is Cc1nc([C@@H]2CCCN2)cc(-n2ccc3ccccc32)n1. The molecule has 1 aromatic carbocycles. The number of aromatic nitrogens is 3. The van der Waals surface area contributed by atoms with E-state index >= 15 is 0 Å². The summed E-state index contributed by atoms with van der Waals surface area (Å²) in [6.07, 6.45) is 4.45. The molecule has 106 valence electrons. The second-order valence-corrected chi connectivity index (χ2v) is 5.59. The van der Waals surface area contributed by atoms with Crippen LogP contribution < -0.4 is 5.32 Å². The summed E-state index contributed by atoms with van der Waals surface area (Å²) in [6, 6.07) is 13.0. The van der Waals surface area contributed by atoms with Gasteiger partial charge in [0.15, 0.2) is 0 Å². The van der Waals surface area contributed by atoms with Crippen molar-refractivity contribution in [1.29, 1.82) is 0 Å². The Labute approximate surface area is 123 Å². The number of nitrogens with one attached hydrogen (secondary N) is 1. The number of hydrogen-bond acceptors (Lipinski definition) is 3. The first kappa shape index (κ1) is 12.5. The normalized spacial score (nSPS) is 18.4. The van der Waals surface area contributed by atoms with E-state index in [1.54, 1.807) is 0 Å². The van der Waals surface area contributed by atoms with Crippen LogP contribution in [0.25, 0.3) is 16.7 Å². The van der Waals surface area contributed by atoms with E-state index in [2.05, 4.69) is 62.4 Å². The van der Waals surface area contributed by atoms with Gasteiger partial charge in [-0.1, -0.05) is 18.2 Å². The number of hydrogen-bond donors (Lipinski definition) is 1. The van der Waals surface area contributed by atoms with Crippen LogP contribution in [0.15, 0.2) is 42.6 Å². The van der Waals surface area contributed by atoms with Crippen LogP contribution in [-0.2, 0) is 0 Å². The first-order chi connectivity index (χ1) is 10.3. The van der Waals surface area contributed by atoms with Crippen molar-refractivity contribution >= 4 is 10.9 Å². The van der Waals surface area contributed by atoms with Crippen molar-refractivity contribution in [1.82, 2.24) is 19.9 Å². The Kier molecular flexibility index (Phi) is 2.97. The number of para-hydroxylation sites is 1. The van der Waals surface area contributed by atoms with E-state index in [9.17, 15) is 0 Å². The van der Waals surface area contributed by atoms with Gasteiger partial charge in [0.2, 0.25) is 0 Å². The Morgan fingerprint density at radius 2 is 2.10 bits per heavy atom. The minimum atomic E-state index is 0.368. The average Bonchev–Trinajstić information content (AvgIpc) is 3.16. The Morgan fingerprint density at radius 1 is 1.19 bits per heavy atom. The van der Waals surface area contributed by atoms with Crippen LogP contribution in [0.3, 0.4) is 0 Å². The van der Waals surface area contributed by atoms with Gasteiger partial charge in [-0.3, -0.25) is 0 Å². The molecule has 0 unspecified atom stereocenters. The summed E-state index contributed by atoms with van der Waals surface area (Å²) >= 11 is 0. The van der Waals surface area contributed by atoms with Gasteiger partial charge in [-0.2, -0.15) is 0 Å². The molecule has 4 heteroatoms. The third-order valence-electron chi connectivity index (χ3n) is 4.11. The predicted octanol–water partition coefficient (Wildman–Crippen LogP) is 3.15. The fourth-order valence-electron chi connectivity index (χ4n) is 3.10. The van der Waals surface area contributed by atoms with Crippen molar-refractivity contribution in [2.75, 3.05) is 6.54 Å². The summed E-state index contributed by atoms with van der Waals surface area (Å²) in [5.41, 5.74) is 2.29. The van der Waals surface area contributed by atoms with E-state index in [0.717, 1.165) is 30.3 Å². The smallest absolute Gasteiger partial charge is 0.141 e. The van der Waals surface area contributed by atoms with Crippen LogP contribution in [0.4, 0.5) is 0 Å². The van der Waals surface area contributed by atoms with E-state index in [0.29, 0.717) is 6.04 Å². The Balaban J connectivity index is 1.84. The minimum absolute atomic E-state index is 0.368. The summed E-state index contributed by atoms with van der Waals surface area (Å²) in [4.78, 5) is 9.24. The lowest BCUT2D eigenvalue weighted by molar-refractivity contribution is 0.621. The van der Waals surface area contributed by atoms with Crippen LogP contribution in [0.2, 0.25) is 0 Å². The van der Waals surface area contributed by atoms with Crippen LogP contribution >= 0.6 is 0 Å². The second-order valence-electron chi connectivity index (χ2n) is 5.59. The standard InChI is InChI=1S/C17H18N4/c1-12-19-15(14-6-4-9-18-14)11-17(20-12)21-10-8-13-5-2-3-7-16(13)21/h2-3,5,7-8,10-11,14,18H,4,6,9H2,1H3/t14-/m0/s1. The van der Waals surface area contributed by atoms with Crippen LogP contribution in [-0.4, -0.2) is 21.1 Å². The maximum Gasteiger partial charge on any atom is 0.141 e. The predicted molar refractivity (Wildman–Crippen MR) is 83.6 cm³/mol. The van der Waals surface area contributed by atoms with Crippen molar-refractivity contribution < 1.29 is 0 Å². The molecule has 3 heterocycles. The first-order valence-corrected chi connectivity index (χ1v) is 7.47. The minimum Gasteiger partial charge on any atom is -0.309 e. The highest BCUT2D eigenvalue weighted by molar-refractivity contribution is 5.81. The van der Waals surface area contributed by atoms with Gasteiger partial charge in [-0.15, -0.1) is 0 Å². The van der Waals surface area contributed by atoms with Gasteiger partial charge >= 0.3 is 0 Å². The highest BCUT2D eigenvalue weighted by Crippen LogP contribution is 2.24. The van der Waals surface area contributed by atoms with Gasteiger partial charge in [-0.25, -0.2) is 9.97 Å². The van der Waals surface area contributed by atoms with Gasteiger partial charge in [0.25, 0.3) is 0 Å². The molecule has 0 radical (unpaired) electrons. The van der Waals surface area contributed by atoms with Crippen molar-refractivity contribution in [2.45, 2.75) is 25.8 Å². The van der Waals surface area contributed by atoms with Crippen molar-refractivity contribution in [3.63, 3.8) is 0 Å². The fraction of sp³-hybridized carbons (Fsp3) is 0.294. The summed E-state index contributed by atoms with van der Waals surface area (Å²) < 4.78 is 2.14. The number of benzene rings is 1. The molecule has 2 aromatic heterocycles. The zero-order valence-corrected chi connectivity index (χ0v) is 12.1. The monoisotopic (exact) mass is 278 g/mol. The lowest BCUT2D eigenvalue weighted by Crippen LogP contribution is -2.16. The highest BCUT2D eigenvalue weighted by atomic mass is 15.1. The molecule has 3 aromatic rings. The largest absolute Gasteiger partial charge is 0.309 e. The van der Waals surface area contributed by atoms with E-state index in [-0.39, 0.29) is 0 Å². The molecule has 1 fully saturated rings. The number of nitrogens with zero attached hydrogens (tertiary/aromatic N) is 3. The zero-order valence-electron chi connectivity index (χ0n) is 12.1. The van der Waals surface area contributed by atoms with Crippen molar-refractivity contribution in [3.05, 3.63) is 54.1 Å². The number of aryl methyl sites for hydroxylation is 1. The average molecular weight is 278 g/mol. The third kappa shape index (κ3) is 2.21. The third-order valence-corrected chi connectivity index (χ3v) is 4.11. The highest BCUT2D eigenvalue weighted by Gasteiger charge is 2.19. The van der Waals surface area contributed by atoms with Crippen LogP contribution in [0.1, 0.15) is 30.4 Å².